The van der Waals surface area contributed by atoms with Crippen LogP contribution in [0.2, 0.25) is 5.02 Å². The van der Waals surface area contributed by atoms with Crippen LogP contribution in [0.1, 0.15) is 30.0 Å². The number of carbonyl (C=O) groups is 1. The molecule has 0 saturated carbocycles. The summed E-state index contributed by atoms with van der Waals surface area (Å²) in [6.07, 6.45) is 1.50. The summed E-state index contributed by atoms with van der Waals surface area (Å²) in [6.45, 7) is 4.25. The fourth-order valence-electron chi connectivity index (χ4n) is 2.16. The van der Waals surface area contributed by atoms with E-state index in [0.717, 1.165) is 16.7 Å². The number of oxime groups is 1. The van der Waals surface area contributed by atoms with Crippen molar-refractivity contribution in [1.29, 1.82) is 0 Å². The number of benzene rings is 2. The lowest BCUT2D eigenvalue weighted by atomic mass is 10.2. The number of halogens is 1. The van der Waals surface area contributed by atoms with Crippen LogP contribution in [-0.2, 0) is 16.2 Å². The van der Waals surface area contributed by atoms with Gasteiger partial charge in [0.25, 0.3) is 5.91 Å². The van der Waals surface area contributed by atoms with Gasteiger partial charge in [-0.15, -0.1) is 0 Å². The second-order valence-electron chi connectivity index (χ2n) is 5.46. The summed E-state index contributed by atoms with van der Waals surface area (Å²) in [7, 11) is 0. The van der Waals surface area contributed by atoms with Crippen LogP contribution in [0.25, 0.3) is 0 Å². The molecule has 1 N–H and O–H groups in total. The number of hydrogen-bond donors (Lipinski definition) is 1. The minimum absolute atomic E-state index is 0.209. The molecule has 1 amide bonds. The third-order valence-corrected chi connectivity index (χ3v) is 3.87. The Morgan fingerprint density at radius 3 is 2.79 bits per heavy atom. The Kier molecular flexibility index (Phi) is 6.82. The fraction of sp³-hybridized carbons (Fsp3) is 0.263. The van der Waals surface area contributed by atoms with Gasteiger partial charge in [0.15, 0.2) is 0 Å². The van der Waals surface area contributed by atoms with Crippen LogP contribution in [0.5, 0.6) is 0 Å². The summed E-state index contributed by atoms with van der Waals surface area (Å²) >= 11 is 6.08. The molecule has 0 bridgehead atoms. The van der Waals surface area contributed by atoms with Gasteiger partial charge in [-0.1, -0.05) is 71.7 Å². The van der Waals surface area contributed by atoms with E-state index in [1.54, 1.807) is 12.3 Å². The molecule has 4 nitrogen and oxygen atoms in total. The second-order valence-corrected chi connectivity index (χ2v) is 5.87. The summed E-state index contributed by atoms with van der Waals surface area (Å²) in [5, 5.41) is 7.39. The highest BCUT2D eigenvalue weighted by Crippen LogP contribution is 2.14. The molecule has 2 aromatic carbocycles. The Bertz CT molecular complexity index is 716. The smallest absolute Gasteiger partial charge is 0.264 e. The van der Waals surface area contributed by atoms with Crippen molar-refractivity contribution in [2.75, 3.05) is 0 Å². The summed E-state index contributed by atoms with van der Waals surface area (Å²) in [5.41, 5.74) is 2.94. The lowest BCUT2D eigenvalue weighted by Gasteiger charge is -2.13. The van der Waals surface area contributed by atoms with Crippen molar-refractivity contribution >= 4 is 23.7 Å². The number of amides is 1. The van der Waals surface area contributed by atoms with Gasteiger partial charge in [0.05, 0.1) is 6.21 Å². The van der Waals surface area contributed by atoms with E-state index in [-0.39, 0.29) is 5.91 Å². The molecule has 0 saturated heterocycles. The molecular formula is C19H21ClN2O2. The largest absolute Gasteiger partial charge is 0.382 e. The van der Waals surface area contributed by atoms with E-state index in [1.807, 2.05) is 56.3 Å². The average molecular weight is 345 g/mol. The Balaban J connectivity index is 1.88. The molecule has 126 valence electrons. The van der Waals surface area contributed by atoms with Crippen molar-refractivity contribution in [2.45, 2.75) is 32.9 Å². The van der Waals surface area contributed by atoms with E-state index in [1.165, 1.54) is 0 Å². The Morgan fingerprint density at radius 1 is 1.29 bits per heavy atom. The topological polar surface area (TPSA) is 50.7 Å². The van der Waals surface area contributed by atoms with Gasteiger partial charge >= 0.3 is 0 Å². The number of nitrogens with one attached hydrogen (secondary N) is 1. The van der Waals surface area contributed by atoms with E-state index < -0.39 is 6.10 Å². The van der Waals surface area contributed by atoms with Gasteiger partial charge in [0, 0.05) is 11.6 Å². The zero-order valence-corrected chi connectivity index (χ0v) is 14.6. The first-order chi connectivity index (χ1) is 11.6. The number of nitrogens with zero attached hydrogens (tertiary/aromatic N) is 1. The standard InChI is InChI=1S/C19H21ClN2O2/c1-3-18(24-22-12-15-8-6-7-14(2)11-15)19(23)21-13-16-9-4-5-10-17(16)20/h4-12,18H,3,13H2,1-2H3,(H,21,23)/b22-12+. The molecule has 0 aromatic heterocycles. The fourth-order valence-corrected chi connectivity index (χ4v) is 2.36. The van der Waals surface area contributed by atoms with Crippen LogP contribution < -0.4 is 5.32 Å². The SMILES string of the molecule is CCC(O/N=C/c1cccc(C)c1)C(=O)NCc1ccccc1Cl. The molecule has 0 radical (unpaired) electrons. The summed E-state index contributed by atoms with van der Waals surface area (Å²) in [6, 6.07) is 15.3. The van der Waals surface area contributed by atoms with E-state index >= 15 is 0 Å². The monoisotopic (exact) mass is 344 g/mol. The molecule has 0 fully saturated rings. The molecule has 0 aliphatic carbocycles. The maximum Gasteiger partial charge on any atom is 0.264 e. The highest BCUT2D eigenvalue weighted by Gasteiger charge is 2.17. The van der Waals surface area contributed by atoms with Gasteiger partial charge in [-0.2, -0.15) is 0 Å². The van der Waals surface area contributed by atoms with Gasteiger partial charge in [-0.3, -0.25) is 4.79 Å². The van der Waals surface area contributed by atoms with E-state index in [9.17, 15) is 4.79 Å². The highest BCUT2D eigenvalue weighted by molar-refractivity contribution is 6.31. The summed E-state index contributed by atoms with van der Waals surface area (Å²) < 4.78 is 0. The number of aryl methyl sites for hydroxylation is 1. The molecule has 1 unspecified atom stereocenters. The first-order valence-electron chi connectivity index (χ1n) is 7.87. The van der Waals surface area contributed by atoms with Gasteiger partial charge in [0.1, 0.15) is 0 Å². The molecule has 24 heavy (non-hydrogen) atoms. The van der Waals surface area contributed by atoms with Crippen molar-refractivity contribution in [2.24, 2.45) is 5.16 Å². The molecule has 0 aliphatic heterocycles. The molecule has 0 spiro atoms. The zero-order chi connectivity index (χ0) is 17.4. The van der Waals surface area contributed by atoms with Crippen molar-refractivity contribution < 1.29 is 9.63 Å². The van der Waals surface area contributed by atoms with Crippen molar-refractivity contribution in [1.82, 2.24) is 5.32 Å². The summed E-state index contributed by atoms with van der Waals surface area (Å²) in [4.78, 5) is 17.5. The maximum atomic E-state index is 12.2. The molecule has 5 heteroatoms. The van der Waals surface area contributed by atoms with Gasteiger partial charge in [-0.05, 0) is 30.5 Å². The molecular weight excluding hydrogens is 324 g/mol. The Morgan fingerprint density at radius 2 is 2.08 bits per heavy atom. The quantitative estimate of drug-likeness (QED) is 0.607. The number of hydrogen-bond acceptors (Lipinski definition) is 3. The van der Waals surface area contributed by atoms with Crippen molar-refractivity contribution in [3.8, 4) is 0 Å². The molecule has 0 heterocycles. The number of rotatable bonds is 7. The molecule has 2 rings (SSSR count). The van der Waals surface area contributed by atoms with Crippen LogP contribution >= 0.6 is 11.6 Å². The van der Waals surface area contributed by atoms with Crippen LogP contribution in [0.15, 0.2) is 53.7 Å². The van der Waals surface area contributed by atoms with Crippen LogP contribution in [0.4, 0.5) is 0 Å². The lowest BCUT2D eigenvalue weighted by Crippen LogP contribution is -2.34. The maximum absolute atomic E-state index is 12.2. The normalized spacial score (nSPS) is 12.1. The van der Waals surface area contributed by atoms with Crippen LogP contribution in [-0.4, -0.2) is 18.2 Å². The van der Waals surface area contributed by atoms with E-state index in [2.05, 4.69) is 10.5 Å². The second kappa shape index (κ2) is 9.08. The van der Waals surface area contributed by atoms with Crippen LogP contribution in [0, 0.1) is 6.92 Å². The first-order valence-corrected chi connectivity index (χ1v) is 8.25. The first kappa shape index (κ1) is 18.0. The third kappa shape index (κ3) is 5.39. The molecule has 0 aliphatic rings. The van der Waals surface area contributed by atoms with E-state index in [4.69, 9.17) is 16.4 Å². The van der Waals surface area contributed by atoms with Crippen LogP contribution in [0.3, 0.4) is 0 Å². The Labute approximate surface area is 147 Å². The third-order valence-electron chi connectivity index (χ3n) is 3.51. The minimum Gasteiger partial charge on any atom is -0.382 e. The molecule has 2 aromatic rings. The predicted molar refractivity (Wildman–Crippen MR) is 97.2 cm³/mol. The van der Waals surface area contributed by atoms with E-state index in [0.29, 0.717) is 18.0 Å². The summed E-state index contributed by atoms with van der Waals surface area (Å²) in [5.74, 6) is -0.209. The zero-order valence-electron chi connectivity index (χ0n) is 13.8. The molecule has 1 atom stereocenters. The average Bonchev–Trinajstić information content (AvgIpc) is 2.58. The van der Waals surface area contributed by atoms with Crippen molar-refractivity contribution in [3.05, 3.63) is 70.2 Å². The predicted octanol–water partition coefficient (Wildman–Crippen LogP) is 4.09. The van der Waals surface area contributed by atoms with Gasteiger partial charge < -0.3 is 10.2 Å². The minimum atomic E-state index is -0.631. The lowest BCUT2D eigenvalue weighted by molar-refractivity contribution is -0.133. The van der Waals surface area contributed by atoms with Crippen molar-refractivity contribution in [3.63, 3.8) is 0 Å². The highest BCUT2D eigenvalue weighted by atomic mass is 35.5. The van der Waals surface area contributed by atoms with Gasteiger partial charge in [0.2, 0.25) is 6.10 Å². The number of carbonyl (C=O) groups excluding carboxylic acids is 1. The van der Waals surface area contributed by atoms with Gasteiger partial charge in [-0.25, -0.2) is 0 Å². The Hall–Kier alpha value is -2.33.